The molecule has 42 heavy (non-hydrogen) atoms. The maximum atomic E-state index is 14.3. The van der Waals surface area contributed by atoms with Gasteiger partial charge in [0.05, 0.1) is 30.3 Å². The van der Waals surface area contributed by atoms with Crippen molar-refractivity contribution in [3.05, 3.63) is 69.3 Å². The first-order chi connectivity index (χ1) is 19.6. The monoisotopic (exact) mass is 572 g/mol. The number of carbonyl (C=O) groups is 3. The van der Waals surface area contributed by atoms with Crippen LogP contribution in [0.4, 0.5) is 0 Å². The summed E-state index contributed by atoms with van der Waals surface area (Å²) in [7, 11) is 1.58. The number of Topliss-reactive ketones (excluding diaryl/α,β-unsaturated/α-hetero) is 1. The number of rotatable bonds is 5. The lowest BCUT2D eigenvalue weighted by Crippen LogP contribution is -2.44. The Labute approximate surface area is 247 Å². The van der Waals surface area contributed by atoms with Gasteiger partial charge in [-0.3, -0.25) is 9.59 Å². The van der Waals surface area contributed by atoms with Gasteiger partial charge in [0.2, 0.25) is 0 Å². The number of hydrogen-bond acceptors (Lipinski definition) is 6. The van der Waals surface area contributed by atoms with E-state index in [2.05, 4.69) is 39.6 Å². The van der Waals surface area contributed by atoms with E-state index in [1.807, 2.05) is 30.9 Å². The highest BCUT2D eigenvalue weighted by atomic mass is 16.5. The van der Waals surface area contributed by atoms with Crippen molar-refractivity contribution in [2.24, 2.45) is 10.8 Å². The molecule has 1 aromatic heterocycles. The fourth-order valence-electron chi connectivity index (χ4n) is 6.90. The summed E-state index contributed by atoms with van der Waals surface area (Å²) in [4.78, 5) is 46.5. The predicted octanol–water partition coefficient (Wildman–Crippen LogP) is 6.36. The molecule has 8 heteroatoms. The van der Waals surface area contributed by atoms with Crippen LogP contribution in [0.25, 0.3) is 11.3 Å². The number of benzene rings is 1. The van der Waals surface area contributed by atoms with E-state index in [0.29, 0.717) is 70.2 Å². The molecular weight excluding hydrogens is 532 g/mol. The number of nitrogens with zero attached hydrogens (tertiary/aromatic N) is 2. The van der Waals surface area contributed by atoms with Crippen molar-refractivity contribution in [1.29, 1.82) is 0 Å². The Kier molecular flexibility index (Phi) is 7.11. The van der Waals surface area contributed by atoms with Gasteiger partial charge >= 0.3 is 5.97 Å². The summed E-state index contributed by atoms with van der Waals surface area (Å²) in [6, 6.07) is 6.90. The third kappa shape index (κ3) is 4.61. The molecule has 3 heterocycles. The number of hydrogen-bond donors (Lipinski definition) is 1. The van der Waals surface area contributed by atoms with Crippen LogP contribution in [0.15, 0.2) is 46.9 Å². The van der Waals surface area contributed by atoms with Crippen LogP contribution in [0.1, 0.15) is 87.5 Å². The number of aromatic carboxylic acids is 1. The van der Waals surface area contributed by atoms with Crippen LogP contribution in [-0.4, -0.2) is 52.3 Å². The van der Waals surface area contributed by atoms with Gasteiger partial charge in [-0.15, -0.1) is 0 Å². The number of pyridine rings is 1. The fourth-order valence-corrected chi connectivity index (χ4v) is 6.90. The van der Waals surface area contributed by atoms with Crippen molar-refractivity contribution >= 4 is 17.7 Å². The molecule has 1 amide bonds. The van der Waals surface area contributed by atoms with Crippen molar-refractivity contribution in [3.8, 4) is 17.0 Å². The van der Waals surface area contributed by atoms with Crippen molar-refractivity contribution in [3.63, 3.8) is 0 Å². The third-order valence-electron chi connectivity index (χ3n) is 8.73. The molecule has 0 saturated carbocycles. The molecule has 0 spiro atoms. The zero-order valence-corrected chi connectivity index (χ0v) is 26.0. The van der Waals surface area contributed by atoms with E-state index in [0.717, 1.165) is 5.56 Å². The van der Waals surface area contributed by atoms with Crippen LogP contribution in [-0.2, 0) is 14.3 Å². The first kappa shape index (κ1) is 29.5. The van der Waals surface area contributed by atoms with Crippen LogP contribution >= 0.6 is 0 Å². The minimum absolute atomic E-state index is 0.0207. The Morgan fingerprint density at radius 3 is 2.40 bits per heavy atom. The van der Waals surface area contributed by atoms with E-state index in [-0.39, 0.29) is 34.3 Å². The van der Waals surface area contributed by atoms with Crippen LogP contribution in [0, 0.1) is 24.7 Å². The minimum atomic E-state index is -1.10. The van der Waals surface area contributed by atoms with Crippen LogP contribution in [0.2, 0.25) is 0 Å². The molecule has 2 aliphatic heterocycles. The minimum Gasteiger partial charge on any atom is -0.496 e. The molecule has 3 aliphatic rings. The lowest BCUT2D eigenvalue weighted by atomic mass is 9.68. The van der Waals surface area contributed by atoms with E-state index in [9.17, 15) is 19.5 Å². The van der Waals surface area contributed by atoms with Crippen molar-refractivity contribution in [1.82, 2.24) is 9.88 Å². The molecule has 222 valence electrons. The maximum absolute atomic E-state index is 14.3. The summed E-state index contributed by atoms with van der Waals surface area (Å²) in [5.41, 5.74) is 3.58. The zero-order valence-electron chi connectivity index (χ0n) is 26.0. The molecule has 0 fully saturated rings. The molecule has 5 rings (SSSR count). The number of carboxylic acids is 1. The molecule has 1 aromatic carbocycles. The van der Waals surface area contributed by atoms with E-state index in [1.54, 1.807) is 26.2 Å². The number of ketones is 1. The lowest BCUT2D eigenvalue weighted by molar-refractivity contribution is -0.128. The van der Waals surface area contributed by atoms with Crippen molar-refractivity contribution < 1.29 is 29.0 Å². The van der Waals surface area contributed by atoms with Crippen LogP contribution in [0.3, 0.4) is 0 Å². The Bertz CT molecular complexity index is 1590. The maximum Gasteiger partial charge on any atom is 0.354 e. The van der Waals surface area contributed by atoms with E-state index in [1.165, 1.54) is 0 Å². The summed E-state index contributed by atoms with van der Waals surface area (Å²) in [6.45, 7) is 16.5. The van der Waals surface area contributed by atoms with E-state index >= 15 is 0 Å². The van der Waals surface area contributed by atoms with Gasteiger partial charge in [-0.2, -0.15) is 0 Å². The average molecular weight is 573 g/mol. The normalized spacial score (nSPS) is 21.8. The number of ether oxygens (including phenoxy) is 2. The number of methoxy groups -OCH3 is 1. The molecule has 0 saturated heterocycles. The molecule has 2 atom stereocenters. The second-order valence-corrected chi connectivity index (χ2v) is 13.5. The molecule has 0 radical (unpaired) electrons. The summed E-state index contributed by atoms with van der Waals surface area (Å²) >= 11 is 0. The highest BCUT2D eigenvalue weighted by Crippen LogP contribution is 2.56. The molecule has 1 aliphatic carbocycles. The zero-order chi connectivity index (χ0) is 30.9. The Morgan fingerprint density at radius 2 is 1.81 bits per heavy atom. The fraction of sp³-hybridized carbons (Fsp3) is 0.471. The first-order valence-corrected chi connectivity index (χ1v) is 14.5. The van der Waals surface area contributed by atoms with Gasteiger partial charge in [0, 0.05) is 36.1 Å². The van der Waals surface area contributed by atoms with Gasteiger partial charge in [-0.25, -0.2) is 9.78 Å². The third-order valence-corrected chi connectivity index (χ3v) is 8.73. The highest BCUT2D eigenvalue weighted by molar-refractivity contribution is 6.07. The molecule has 0 unspecified atom stereocenters. The lowest BCUT2D eigenvalue weighted by Gasteiger charge is -2.40. The largest absolute Gasteiger partial charge is 0.496 e. The van der Waals surface area contributed by atoms with E-state index < -0.39 is 11.9 Å². The second kappa shape index (κ2) is 10.1. The van der Waals surface area contributed by atoms with Gasteiger partial charge in [0.1, 0.15) is 17.3 Å². The van der Waals surface area contributed by atoms with E-state index in [4.69, 9.17) is 9.47 Å². The molecule has 2 aromatic rings. The summed E-state index contributed by atoms with van der Waals surface area (Å²) in [5, 5.41) is 9.73. The van der Waals surface area contributed by atoms with Crippen LogP contribution < -0.4 is 4.74 Å². The average Bonchev–Trinajstić information content (AvgIpc) is 3.18. The first-order valence-electron chi connectivity index (χ1n) is 14.5. The number of amides is 1. The molecule has 1 N–H and O–H groups in total. The van der Waals surface area contributed by atoms with Crippen molar-refractivity contribution in [2.45, 2.75) is 80.2 Å². The molecular formula is C34H40N2O6. The summed E-state index contributed by atoms with van der Waals surface area (Å²) in [5.74, 6) is -0.211. The molecule has 0 bridgehead atoms. The number of allylic oxidation sites excluding steroid dienone is 2. The Morgan fingerprint density at radius 1 is 1.12 bits per heavy atom. The second-order valence-electron chi connectivity index (χ2n) is 13.5. The quantitative estimate of drug-likeness (QED) is 0.444. The Hall–Kier alpha value is -3.94. The van der Waals surface area contributed by atoms with Crippen molar-refractivity contribution in [2.75, 3.05) is 13.7 Å². The topological polar surface area (TPSA) is 106 Å². The summed E-state index contributed by atoms with van der Waals surface area (Å²) in [6.07, 6.45) is 0.909. The van der Waals surface area contributed by atoms with Crippen LogP contribution in [0.5, 0.6) is 5.75 Å². The summed E-state index contributed by atoms with van der Waals surface area (Å²) < 4.78 is 12.6. The number of aryl methyl sites for hydroxylation is 1. The number of aromatic nitrogens is 1. The predicted molar refractivity (Wildman–Crippen MR) is 159 cm³/mol. The highest BCUT2D eigenvalue weighted by Gasteiger charge is 2.54. The number of carboxylic acid groups (broad SMARTS) is 1. The van der Waals surface area contributed by atoms with Gasteiger partial charge in [0.25, 0.3) is 5.91 Å². The number of carbonyl (C=O) groups excluding carboxylic acids is 2. The van der Waals surface area contributed by atoms with Gasteiger partial charge in [-0.1, -0.05) is 40.7 Å². The smallest absolute Gasteiger partial charge is 0.354 e. The molecule has 8 nitrogen and oxygen atoms in total. The standard InChI is InChI=1S/C34H40N2O6/c1-10-36-30(33(4,5)6)29-27(31(36)38)26(25-21(37)15-34(7,8)16-23(25)42-29)24-18(3)19(12-14-22(24)41-9)20-13-11-17(2)28(35-20)32(39)40/h11-14,26,30H,10,15-16H2,1-9H3,(H,39,40)/t26-,30-/m0/s1. The van der Waals surface area contributed by atoms with Gasteiger partial charge in [-0.05, 0) is 60.9 Å². The van der Waals surface area contributed by atoms with Gasteiger partial charge < -0.3 is 19.5 Å². The van der Waals surface area contributed by atoms with Gasteiger partial charge in [0.15, 0.2) is 11.5 Å². The number of likely N-dealkylation sites (N-methyl/N-ethyl adjacent to an activating group) is 1. The SMILES string of the molecule is CCN1C(=O)C2=C(OC3=C(C(=O)CC(C)(C)C3)[C@@H]2c2c(OC)ccc(-c3ccc(C)c(C(=O)O)n3)c2C)[C@H]1C(C)(C)C. The Balaban J connectivity index is 1.83.